The van der Waals surface area contributed by atoms with Gasteiger partial charge in [-0.2, -0.15) is 0 Å². The average molecular weight is 171 g/mol. The van der Waals surface area contributed by atoms with E-state index >= 15 is 0 Å². The third-order valence-electron chi connectivity index (χ3n) is 1.21. The molecule has 0 bridgehead atoms. The zero-order valence-corrected chi connectivity index (χ0v) is 6.71. The summed E-state index contributed by atoms with van der Waals surface area (Å²) < 4.78 is 0. The van der Waals surface area contributed by atoms with E-state index in [1.54, 1.807) is 12.1 Å². The Morgan fingerprint density at radius 2 is 2.36 bits per heavy atom. The Hall–Kier alpha value is -1.09. The first-order chi connectivity index (χ1) is 5.24. The number of oxime groups is 1. The summed E-state index contributed by atoms with van der Waals surface area (Å²) in [7, 11) is 0. The van der Waals surface area contributed by atoms with Gasteiger partial charge in [0.05, 0.1) is 6.21 Å². The van der Waals surface area contributed by atoms with Gasteiger partial charge in [0.25, 0.3) is 0 Å². The van der Waals surface area contributed by atoms with Crippen LogP contribution in [0.1, 0.15) is 11.3 Å². The number of hydrogen-bond acceptors (Lipinski definition) is 3. The number of aryl methyl sites for hydroxylation is 1. The minimum absolute atomic E-state index is 0.350. The van der Waals surface area contributed by atoms with E-state index in [9.17, 15) is 0 Å². The van der Waals surface area contributed by atoms with E-state index in [0.717, 1.165) is 5.69 Å². The smallest absolute Gasteiger partial charge is 0.138 e. The maximum Gasteiger partial charge on any atom is 0.138 e. The summed E-state index contributed by atoms with van der Waals surface area (Å²) in [5.41, 5.74) is 1.45. The molecule has 0 fully saturated rings. The maximum atomic E-state index is 8.20. The van der Waals surface area contributed by atoms with Crippen molar-refractivity contribution >= 4 is 17.8 Å². The second-order valence-corrected chi connectivity index (χ2v) is 2.44. The van der Waals surface area contributed by atoms with Crippen LogP contribution in [0.5, 0.6) is 0 Å². The van der Waals surface area contributed by atoms with E-state index in [1.165, 1.54) is 6.21 Å². The Bertz CT molecular complexity index is 286. The van der Waals surface area contributed by atoms with Gasteiger partial charge in [-0.3, -0.25) is 0 Å². The van der Waals surface area contributed by atoms with Crippen molar-refractivity contribution in [2.75, 3.05) is 0 Å². The van der Waals surface area contributed by atoms with E-state index in [4.69, 9.17) is 16.8 Å². The average Bonchev–Trinajstić information content (AvgIpc) is 1.95. The summed E-state index contributed by atoms with van der Waals surface area (Å²) in [6.07, 6.45) is 1.24. The lowest BCUT2D eigenvalue weighted by Crippen LogP contribution is -1.88. The highest BCUT2D eigenvalue weighted by atomic mass is 35.5. The molecule has 0 aliphatic heterocycles. The fourth-order valence-electron chi connectivity index (χ4n) is 0.694. The van der Waals surface area contributed by atoms with Crippen molar-refractivity contribution in [3.63, 3.8) is 0 Å². The Labute approximate surface area is 69.3 Å². The van der Waals surface area contributed by atoms with Crippen LogP contribution >= 0.6 is 11.6 Å². The van der Waals surface area contributed by atoms with Crippen LogP contribution in [0.25, 0.3) is 0 Å². The fourth-order valence-corrected chi connectivity index (χ4v) is 0.939. The number of pyridine rings is 1. The number of rotatable bonds is 1. The standard InChI is InChI=1S/C7H7ClN2O/c1-5-2-3-6(4-9-11)7(8)10-5/h2-4,11H,1H3/b9-4+. The van der Waals surface area contributed by atoms with Gasteiger partial charge in [-0.15, -0.1) is 0 Å². The predicted octanol–water partition coefficient (Wildman–Crippen LogP) is 1.85. The van der Waals surface area contributed by atoms with Crippen molar-refractivity contribution < 1.29 is 5.21 Å². The summed E-state index contributed by atoms with van der Waals surface area (Å²) in [4.78, 5) is 3.96. The van der Waals surface area contributed by atoms with Gasteiger partial charge in [0, 0.05) is 11.3 Å². The lowest BCUT2D eigenvalue weighted by Gasteiger charge is -1.96. The number of aromatic nitrogens is 1. The van der Waals surface area contributed by atoms with Gasteiger partial charge in [0.15, 0.2) is 0 Å². The van der Waals surface area contributed by atoms with Gasteiger partial charge in [0.1, 0.15) is 5.15 Å². The Morgan fingerprint density at radius 3 is 2.91 bits per heavy atom. The van der Waals surface area contributed by atoms with E-state index < -0.39 is 0 Å². The third kappa shape index (κ3) is 1.91. The van der Waals surface area contributed by atoms with E-state index in [1.807, 2.05) is 6.92 Å². The molecule has 1 aromatic heterocycles. The first kappa shape index (κ1) is 8.01. The fraction of sp³-hybridized carbons (Fsp3) is 0.143. The Morgan fingerprint density at radius 1 is 1.64 bits per heavy atom. The van der Waals surface area contributed by atoms with Gasteiger partial charge >= 0.3 is 0 Å². The molecule has 0 spiro atoms. The molecule has 1 aromatic rings. The molecule has 1 N–H and O–H groups in total. The van der Waals surface area contributed by atoms with Crippen molar-refractivity contribution in [3.8, 4) is 0 Å². The Kier molecular flexibility index (Phi) is 2.44. The van der Waals surface area contributed by atoms with Gasteiger partial charge in [-0.1, -0.05) is 16.8 Å². The van der Waals surface area contributed by atoms with Crippen LogP contribution in [0.15, 0.2) is 17.3 Å². The highest BCUT2D eigenvalue weighted by Gasteiger charge is 1.97. The lowest BCUT2D eigenvalue weighted by molar-refractivity contribution is 0.322. The minimum atomic E-state index is 0.350. The van der Waals surface area contributed by atoms with Gasteiger partial charge in [-0.25, -0.2) is 4.98 Å². The molecule has 0 atom stereocenters. The highest BCUT2D eigenvalue weighted by molar-refractivity contribution is 6.31. The third-order valence-corrected chi connectivity index (χ3v) is 1.52. The summed E-state index contributed by atoms with van der Waals surface area (Å²) >= 11 is 5.69. The second kappa shape index (κ2) is 3.34. The molecule has 0 aliphatic carbocycles. The topological polar surface area (TPSA) is 45.5 Å². The molecule has 1 heterocycles. The number of nitrogens with zero attached hydrogens (tertiary/aromatic N) is 2. The molecule has 4 heteroatoms. The van der Waals surface area contributed by atoms with Crippen LogP contribution in [0.2, 0.25) is 5.15 Å². The van der Waals surface area contributed by atoms with Crippen molar-refractivity contribution in [2.45, 2.75) is 6.92 Å². The highest BCUT2D eigenvalue weighted by Crippen LogP contribution is 2.10. The zero-order chi connectivity index (χ0) is 8.27. The molecule has 0 saturated carbocycles. The molecule has 1 rings (SSSR count). The van der Waals surface area contributed by atoms with Gasteiger partial charge < -0.3 is 5.21 Å². The van der Waals surface area contributed by atoms with E-state index in [0.29, 0.717) is 10.7 Å². The first-order valence-corrected chi connectivity index (χ1v) is 3.42. The van der Waals surface area contributed by atoms with E-state index in [2.05, 4.69) is 10.1 Å². The Balaban J connectivity index is 3.09. The van der Waals surface area contributed by atoms with E-state index in [-0.39, 0.29) is 0 Å². The van der Waals surface area contributed by atoms with Crippen LogP contribution in [0, 0.1) is 6.92 Å². The van der Waals surface area contributed by atoms with Crippen molar-refractivity contribution in [2.24, 2.45) is 5.16 Å². The molecule has 0 amide bonds. The maximum absolute atomic E-state index is 8.20. The molecular weight excluding hydrogens is 164 g/mol. The number of hydrogen-bond donors (Lipinski definition) is 1. The molecule has 0 aliphatic rings. The summed E-state index contributed by atoms with van der Waals surface area (Å²) in [6.45, 7) is 1.84. The molecule has 0 saturated heterocycles. The summed E-state index contributed by atoms with van der Waals surface area (Å²) in [5.74, 6) is 0. The molecule has 0 aromatic carbocycles. The summed E-state index contributed by atoms with van der Waals surface area (Å²) in [5, 5.41) is 11.4. The van der Waals surface area contributed by atoms with Crippen molar-refractivity contribution in [1.82, 2.24) is 4.98 Å². The SMILES string of the molecule is Cc1ccc(/C=N/O)c(Cl)n1. The molecule has 0 radical (unpaired) electrons. The molecule has 11 heavy (non-hydrogen) atoms. The lowest BCUT2D eigenvalue weighted by atomic mass is 10.3. The predicted molar refractivity (Wildman–Crippen MR) is 43.4 cm³/mol. The minimum Gasteiger partial charge on any atom is -0.411 e. The number of halogens is 1. The first-order valence-electron chi connectivity index (χ1n) is 3.04. The molecule has 3 nitrogen and oxygen atoms in total. The van der Waals surface area contributed by atoms with Gasteiger partial charge in [0.2, 0.25) is 0 Å². The van der Waals surface area contributed by atoms with Gasteiger partial charge in [-0.05, 0) is 19.1 Å². The largest absolute Gasteiger partial charge is 0.411 e. The van der Waals surface area contributed by atoms with Crippen LogP contribution in [0.3, 0.4) is 0 Å². The molecular formula is C7H7ClN2O. The van der Waals surface area contributed by atoms with Crippen LogP contribution in [-0.2, 0) is 0 Å². The monoisotopic (exact) mass is 170 g/mol. The molecule has 58 valence electrons. The summed E-state index contributed by atoms with van der Waals surface area (Å²) in [6, 6.07) is 3.54. The normalized spacial score (nSPS) is 10.7. The quantitative estimate of drug-likeness (QED) is 0.303. The second-order valence-electron chi connectivity index (χ2n) is 2.08. The van der Waals surface area contributed by atoms with Crippen LogP contribution in [0.4, 0.5) is 0 Å². The zero-order valence-electron chi connectivity index (χ0n) is 5.95. The van der Waals surface area contributed by atoms with Crippen molar-refractivity contribution in [1.29, 1.82) is 0 Å². The van der Waals surface area contributed by atoms with Crippen molar-refractivity contribution in [3.05, 3.63) is 28.5 Å². The van der Waals surface area contributed by atoms with Crippen LogP contribution < -0.4 is 0 Å². The molecule has 0 unspecified atom stereocenters. The van der Waals surface area contributed by atoms with Crippen LogP contribution in [-0.4, -0.2) is 16.4 Å².